The van der Waals surface area contributed by atoms with E-state index in [0.717, 1.165) is 0 Å². The van der Waals surface area contributed by atoms with Crippen molar-refractivity contribution in [2.75, 3.05) is 0 Å². The average molecular weight is 190 g/mol. The van der Waals surface area contributed by atoms with Crippen LogP contribution in [0, 0.1) is 0 Å². The summed E-state index contributed by atoms with van der Waals surface area (Å²) in [6, 6.07) is 0. The fourth-order valence-electron chi connectivity index (χ4n) is 1.12. The Balaban J connectivity index is 4.40. The smallest absolute Gasteiger partial charge is 0.0811 e. The topological polar surface area (TPSA) is 0 Å². The Morgan fingerprint density at radius 2 is 1.00 bits per heavy atom. The molecule has 0 bridgehead atoms. The third-order valence-corrected chi connectivity index (χ3v) is 12.3. The molecule has 0 aromatic carbocycles. The minimum Gasteiger partial charge on any atom is -0.0993 e. The van der Waals surface area contributed by atoms with Gasteiger partial charge in [0.05, 0.1) is 16.1 Å². The van der Waals surface area contributed by atoms with Crippen molar-refractivity contribution in [3.63, 3.8) is 0 Å². The molecule has 0 heterocycles. The maximum atomic E-state index is 5.45. The van der Waals surface area contributed by atoms with E-state index in [-0.39, 0.29) is 0 Å². The van der Waals surface area contributed by atoms with Gasteiger partial charge in [0.2, 0.25) is 0 Å². The van der Waals surface area contributed by atoms with E-state index in [9.17, 15) is 0 Å². The lowest BCUT2D eigenvalue weighted by Crippen LogP contribution is -2.48. The van der Waals surface area contributed by atoms with Gasteiger partial charge < -0.3 is 0 Å². The number of hydrogen-bond acceptors (Lipinski definition) is 1. The summed E-state index contributed by atoms with van der Waals surface area (Å²) in [6.07, 6.45) is 0. The van der Waals surface area contributed by atoms with E-state index in [1.807, 2.05) is 0 Å². The highest BCUT2D eigenvalue weighted by molar-refractivity contribution is 7.90. The van der Waals surface area contributed by atoms with Crippen LogP contribution in [0.25, 0.3) is 0 Å². The summed E-state index contributed by atoms with van der Waals surface area (Å²) in [6.45, 7) is 14.0. The molecule has 0 fully saturated rings. The lowest BCUT2D eigenvalue weighted by Gasteiger charge is -2.27. The van der Waals surface area contributed by atoms with Crippen LogP contribution in [0.2, 0.25) is 39.3 Å². The van der Waals surface area contributed by atoms with Crippen LogP contribution in [0.1, 0.15) is 0 Å². The van der Waals surface area contributed by atoms with E-state index >= 15 is 0 Å². The van der Waals surface area contributed by atoms with Crippen molar-refractivity contribution in [2.45, 2.75) is 39.3 Å². The highest BCUT2D eigenvalue weighted by Gasteiger charge is 2.30. The quantitative estimate of drug-likeness (QED) is 0.476. The molecule has 0 saturated carbocycles. The van der Waals surface area contributed by atoms with Crippen molar-refractivity contribution in [3.8, 4) is 0 Å². The second-order valence-corrected chi connectivity index (χ2v) is 16.5. The van der Waals surface area contributed by atoms with Crippen LogP contribution in [0.15, 0.2) is 0 Å². The standard InChI is InChI=1S/C7H18SSi2/c1-9(2,3)7(8)10(4,5)6/h1-6H3. The van der Waals surface area contributed by atoms with Gasteiger partial charge in [-0.2, -0.15) is 0 Å². The van der Waals surface area contributed by atoms with Crippen LogP contribution in [0.3, 0.4) is 0 Å². The maximum absolute atomic E-state index is 5.45. The van der Waals surface area contributed by atoms with Gasteiger partial charge in [-0.15, -0.1) is 0 Å². The average Bonchev–Trinajstić information content (AvgIpc) is 1.59. The molecule has 0 unspecified atom stereocenters. The molecular formula is C7H18SSi2. The van der Waals surface area contributed by atoms with Crippen LogP contribution in [-0.4, -0.2) is 20.3 Å². The zero-order valence-electron chi connectivity index (χ0n) is 7.91. The van der Waals surface area contributed by atoms with Crippen LogP contribution in [0.5, 0.6) is 0 Å². The molecule has 0 amide bonds. The third kappa shape index (κ3) is 3.08. The first-order valence-corrected chi connectivity index (χ1v) is 11.1. The molecule has 0 aliphatic rings. The highest BCUT2D eigenvalue weighted by atomic mass is 32.1. The Hall–Kier alpha value is 0.524. The van der Waals surface area contributed by atoms with Crippen molar-refractivity contribution in [1.82, 2.24) is 0 Å². The first kappa shape index (κ1) is 10.5. The predicted octanol–water partition coefficient (Wildman–Crippen LogP) is 3.11. The van der Waals surface area contributed by atoms with Gasteiger partial charge in [0.15, 0.2) is 0 Å². The molecule has 10 heavy (non-hydrogen) atoms. The fourth-order valence-corrected chi connectivity index (χ4v) is 10.1. The summed E-state index contributed by atoms with van der Waals surface area (Å²) in [5.74, 6) is 0. The number of rotatable bonds is 2. The summed E-state index contributed by atoms with van der Waals surface area (Å²) in [5, 5.41) is 0. The summed E-state index contributed by atoms with van der Waals surface area (Å²) in [5.41, 5.74) is 0. The van der Waals surface area contributed by atoms with Gasteiger partial charge in [-0.3, -0.25) is 0 Å². The Morgan fingerprint density at radius 1 is 0.800 bits per heavy atom. The van der Waals surface area contributed by atoms with Crippen molar-refractivity contribution in [3.05, 3.63) is 0 Å². The Kier molecular flexibility index (Phi) is 3.02. The van der Waals surface area contributed by atoms with Crippen LogP contribution >= 0.6 is 12.2 Å². The van der Waals surface area contributed by atoms with E-state index in [1.165, 1.54) is 4.11 Å². The maximum Gasteiger partial charge on any atom is 0.0811 e. The van der Waals surface area contributed by atoms with Crippen LogP contribution in [0.4, 0.5) is 0 Å². The highest BCUT2D eigenvalue weighted by Crippen LogP contribution is 2.14. The lowest BCUT2D eigenvalue weighted by molar-refractivity contribution is 1.79. The monoisotopic (exact) mass is 190 g/mol. The number of thiocarbonyl (C=S) groups is 1. The van der Waals surface area contributed by atoms with Crippen molar-refractivity contribution in [1.29, 1.82) is 0 Å². The van der Waals surface area contributed by atoms with E-state index in [0.29, 0.717) is 0 Å². The number of hydrogen-bond donors (Lipinski definition) is 0. The summed E-state index contributed by atoms with van der Waals surface area (Å²) >= 11 is 5.45. The Labute approximate surface area is 72.0 Å². The first-order chi connectivity index (χ1) is 4.15. The summed E-state index contributed by atoms with van der Waals surface area (Å²) < 4.78 is 1.43. The minimum absolute atomic E-state index is 1.10. The molecule has 0 aromatic heterocycles. The first-order valence-electron chi connectivity index (χ1n) is 3.70. The molecule has 0 saturated heterocycles. The molecule has 0 atom stereocenters. The molecule has 0 nitrogen and oxygen atoms in total. The second kappa shape index (κ2) is 2.87. The van der Waals surface area contributed by atoms with Gasteiger partial charge in [-0.1, -0.05) is 51.5 Å². The molecule has 0 aliphatic carbocycles. The van der Waals surface area contributed by atoms with E-state index in [1.54, 1.807) is 0 Å². The molecule has 3 heteroatoms. The SMILES string of the molecule is C[Si](C)(C)C(=S)[Si](C)(C)C. The zero-order valence-corrected chi connectivity index (χ0v) is 10.7. The largest absolute Gasteiger partial charge is 0.0993 e. The van der Waals surface area contributed by atoms with E-state index < -0.39 is 16.1 Å². The minimum atomic E-state index is -1.10. The van der Waals surface area contributed by atoms with Crippen molar-refractivity contribution in [2.24, 2.45) is 0 Å². The van der Waals surface area contributed by atoms with Gasteiger partial charge in [0, 0.05) is 0 Å². The predicted molar refractivity (Wildman–Crippen MR) is 59.3 cm³/mol. The molecule has 0 aliphatic heterocycles. The van der Waals surface area contributed by atoms with Crippen molar-refractivity contribution >= 4 is 32.5 Å². The molecular weight excluding hydrogens is 172 g/mol. The Morgan fingerprint density at radius 3 is 1.00 bits per heavy atom. The van der Waals surface area contributed by atoms with Gasteiger partial charge in [-0.25, -0.2) is 0 Å². The van der Waals surface area contributed by atoms with Gasteiger partial charge in [-0.05, 0) is 4.11 Å². The van der Waals surface area contributed by atoms with Gasteiger partial charge in [0.1, 0.15) is 0 Å². The third-order valence-electron chi connectivity index (χ3n) is 1.36. The van der Waals surface area contributed by atoms with Gasteiger partial charge >= 0.3 is 0 Å². The van der Waals surface area contributed by atoms with E-state index in [2.05, 4.69) is 39.3 Å². The Bertz CT molecular complexity index is 123. The molecule has 0 N–H and O–H groups in total. The second-order valence-electron chi connectivity index (χ2n) is 4.83. The summed E-state index contributed by atoms with van der Waals surface area (Å²) in [4.78, 5) is 0. The van der Waals surface area contributed by atoms with Gasteiger partial charge in [0.25, 0.3) is 0 Å². The zero-order chi connectivity index (χ0) is 8.58. The molecule has 60 valence electrons. The fraction of sp³-hybridized carbons (Fsp3) is 0.857. The normalized spacial score (nSPS) is 13.4. The molecule has 0 aromatic rings. The van der Waals surface area contributed by atoms with E-state index in [4.69, 9.17) is 12.2 Å². The summed E-state index contributed by atoms with van der Waals surface area (Å²) in [7, 11) is -2.21. The van der Waals surface area contributed by atoms with Crippen molar-refractivity contribution < 1.29 is 0 Å². The molecule has 0 radical (unpaired) electrons. The van der Waals surface area contributed by atoms with Crippen LogP contribution < -0.4 is 0 Å². The molecule has 0 spiro atoms. The lowest BCUT2D eigenvalue weighted by atomic mass is 11.7. The van der Waals surface area contributed by atoms with Crippen LogP contribution in [-0.2, 0) is 0 Å². The molecule has 0 rings (SSSR count).